The van der Waals surface area contributed by atoms with Crippen LogP contribution in [0, 0.1) is 5.92 Å². The Labute approximate surface area is 147 Å². The fourth-order valence-electron chi connectivity index (χ4n) is 3.41. The third-order valence-electron chi connectivity index (χ3n) is 4.86. The molecule has 2 saturated heterocycles. The maximum absolute atomic E-state index is 12.8. The topological polar surface area (TPSA) is 81.8 Å². The zero-order chi connectivity index (χ0) is 17.8. The van der Waals surface area contributed by atoms with Crippen LogP contribution in [0.3, 0.4) is 0 Å². The van der Waals surface area contributed by atoms with Crippen molar-refractivity contribution in [1.82, 2.24) is 15.1 Å². The van der Waals surface area contributed by atoms with Crippen molar-refractivity contribution in [3.8, 4) is 0 Å². The molecule has 2 aliphatic heterocycles. The lowest BCUT2D eigenvalue weighted by Gasteiger charge is -2.38. The van der Waals surface area contributed by atoms with Gasteiger partial charge in [0, 0.05) is 31.9 Å². The SMILES string of the molecule is CC1C(=O)NCCN1C(=O)C1CCCN(C(=O)Nc2ccccc2)C1. The average molecular weight is 344 g/mol. The van der Waals surface area contributed by atoms with E-state index in [-0.39, 0.29) is 23.8 Å². The van der Waals surface area contributed by atoms with Crippen LogP contribution in [0.2, 0.25) is 0 Å². The van der Waals surface area contributed by atoms with E-state index in [1.54, 1.807) is 16.7 Å². The molecule has 2 N–H and O–H groups in total. The number of carbonyl (C=O) groups is 3. The van der Waals surface area contributed by atoms with Crippen LogP contribution in [0.5, 0.6) is 0 Å². The summed E-state index contributed by atoms with van der Waals surface area (Å²) in [5.41, 5.74) is 0.738. The highest BCUT2D eigenvalue weighted by atomic mass is 16.2. The molecule has 7 nitrogen and oxygen atoms in total. The van der Waals surface area contributed by atoms with E-state index in [0.29, 0.717) is 26.2 Å². The maximum atomic E-state index is 12.8. The molecule has 25 heavy (non-hydrogen) atoms. The van der Waals surface area contributed by atoms with Gasteiger partial charge in [-0.1, -0.05) is 18.2 Å². The summed E-state index contributed by atoms with van der Waals surface area (Å²) in [4.78, 5) is 40.4. The first-order valence-corrected chi connectivity index (χ1v) is 8.75. The first-order valence-electron chi connectivity index (χ1n) is 8.75. The average Bonchev–Trinajstić information content (AvgIpc) is 2.64. The van der Waals surface area contributed by atoms with Crippen molar-refractivity contribution in [2.45, 2.75) is 25.8 Å². The molecule has 3 rings (SSSR count). The van der Waals surface area contributed by atoms with Gasteiger partial charge in [0.1, 0.15) is 6.04 Å². The van der Waals surface area contributed by atoms with E-state index < -0.39 is 6.04 Å². The minimum atomic E-state index is -0.449. The van der Waals surface area contributed by atoms with Gasteiger partial charge in [0.25, 0.3) is 0 Å². The number of nitrogens with one attached hydrogen (secondary N) is 2. The largest absolute Gasteiger partial charge is 0.353 e. The molecule has 0 bridgehead atoms. The summed E-state index contributed by atoms with van der Waals surface area (Å²) < 4.78 is 0. The molecule has 2 aliphatic rings. The van der Waals surface area contributed by atoms with Gasteiger partial charge in [0.05, 0.1) is 5.92 Å². The molecule has 0 spiro atoms. The van der Waals surface area contributed by atoms with E-state index in [9.17, 15) is 14.4 Å². The second kappa shape index (κ2) is 7.55. The van der Waals surface area contributed by atoms with Crippen molar-refractivity contribution in [2.24, 2.45) is 5.92 Å². The Balaban J connectivity index is 1.61. The van der Waals surface area contributed by atoms with Crippen LogP contribution in [0.1, 0.15) is 19.8 Å². The van der Waals surface area contributed by atoms with Crippen LogP contribution in [-0.2, 0) is 9.59 Å². The van der Waals surface area contributed by atoms with E-state index in [4.69, 9.17) is 0 Å². The van der Waals surface area contributed by atoms with E-state index in [1.165, 1.54) is 0 Å². The number of hydrogen-bond acceptors (Lipinski definition) is 3. The summed E-state index contributed by atoms with van der Waals surface area (Å²) in [6, 6.07) is 8.64. The number of piperazine rings is 1. The molecule has 4 amide bonds. The molecule has 0 aliphatic carbocycles. The van der Waals surface area contributed by atoms with E-state index in [2.05, 4.69) is 10.6 Å². The number of carbonyl (C=O) groups excluding carboxylic acids is 3. The Morgan fingerprint density at radius 3 is 2.72 bits per heavy atom. The number of benzene rings is 1. The fraction of sp³-hybridized carbons (Fsp3) is 0.500. The molecule has 1 aromatic carbocycles. The Hall–Kier alpha value is -2.57. The zero-order valence-electron chi connectivity index (χ0n) is 14.4. The molecular formula is C18H24N4O3. The van der Waals surface area contributed by atoms with Crippen molar-refractivity contribution in [1.29, 1.82) is 0 Å². The van der Waals surface area contributed by atoms with Crippen molar-refractivity contribution in [3.63, 3.8) is 0 Å². The zero-order valence-corrected chi connectivity index (χ0v) is 14.4. The van der Waals surface area contributed by atoms with Gasteiger partial charge < -0.3 is 20.4 Å². The van der Waals surface area contributed by atoms with Crippen LogP contribution >= 0.6 is 0 Å². The highest BCUT2D eigenvalue weighted by Crippen LogP contribution is 2.21. The van der Waals surface area contributed by atoms with Gasteiger partial charge in [-0.25, -0.2) is 4.79 Å². The molecule has 134 valence electrons. The molecule has 1 aromatic rings. The van der Waals surface area contributed by atoms with Crippen LogP contribution < -0.4 is 10.6 Å². The van der Waals surface area contributed by atoms with Gasteiger partial charge >= 0.3 is 6.03 Å². The summed E-state index contributed by atoms with van der Waals surface area (Å²) in [6.07, 6.45) is 1.53. The molecule has 0 aromatic heterocycles. The number of likely N-dealkylation sites (tertiary alicyclic amines) is 1. The van der Waals surface area contributed by atoms with Crippen molar-refractivity contribution < 1.29 is 14.4 Å². The molecule has 7 heteroatoms. The number of para-hydroxylation sites is 1. The maximum Gasteiger partial charge on any atom is 0.321 e. The molecule has 0 radical (unpaired) electrons. The summed E-state index contributed by atoms with van der Waals surface area (Å²) in [7, 11) is 0. The van der Waals surface area contributed by atoms with E-state index >= 15 is 0 Å². The predicted molar refractivity (Wildman–Crippen MR) is 93.9 cm³/mol. The Morgan fingerprint density at radius 1 is 1.20 bits per heavy atom. The summed E-state index contributed by atoms with van der Waals surface area (Å²) >= 11 is 0. The lowest BCUT2D eigenvalue weighted by molar-refractivity contribution is -0.146. The van der Waals surface area contributed by atoms with Gasteiger partial charge in [-0.3, -0.25) is 9.59 Å². The second-order valence-corrected chi connectivity index (χ2v) is 6.58. The van der Waals surface area contributed by atoms with E-state index in [1.807, 2.05) is 30.3 Å². The van der Waals surface area contributed by atoms with Gasteiger partial charge in [0.15, 0.2) is 0 Å². The van der Waals surface area contributed by atoms with Crippen LogP contribution in [0.15, 0.2) is 30.3 Å². The third-order valence-corrected chi connectivity index (χ3v) is 4.86. The van der Waals surface area contributed by atoms with Crippen molar-refractivity contribution in [3.05, 3.63) is 30.3 Å². The normalized spacial score (nSPS) is 23.8. The van der Waals surface area contributed by atoms with Crippen LogP contribution in [0.25, 0.3) is 0 Å². The number of amides is 4. The number of hydrogen-bond donors (Lipinski definition) is 2. The fourth-order valence-corrected chi connectivity index (χ4v) is 3.41. The second-order valence-electron chi connectivity index (χ2n) is 6.58. The number of urea groups is 1. The van der Waals surface area contributed by atoms with Gasteiger partial charge in [-0.2, -0.15) is 0 Å². The molecule has 2 atom stereocenters. The smallest absolute Gasteiger partial charge is 0.321 e. The standard InChI is InChI=1S/C18H24N4O3/c1-13-16(23)19-9-11-22(13)17(24)14-6-5-10-21(12-14)18(25)20-15-7-3-2-4-8-15/h2-4,7-8,13-14H,5-6,9-12H2,1H3,(H,19,23)(H,20,25). The van der Waals surface area contributed by atoms with Crippen LogP contribution in [0.4, 0.5) is 10.5 Å². The highest BCUT2D eigenvalue weighted by Gasteiger charge is 2.36. The van der Waals surface area contributed by atoms with Crippen molar-refractivity contribution >= 4 is 23.5 Å². The molecule has 2 fully saturated rings. The number of nitrogens with zero attached hydrogens (tertiary/aromatic N) is 2. The number of anilines is 1. The molecule has 2 unspecified atom stereocenters. The first kappa shape index (κ1) is 17.3. The molecular weight excluding hydrogens is 320 g/mol. The first-order chi connectivity index (χ1) is 12.1. The highest BCUT2D eigenvalue weighted by molar-refractivity contribution is 5.91. The predicted octanol–water partition coefficient (Wildman–Crippen LogP) is 1.28. The Bertz CT molecular complexity index is 649. The Kier molecular flexibility index (Phi) is 5.21. The third kappa shape index (κ3) is 3.92. The lowest BCUT2D eigenvalue weighted by Crippen LogP contribution is -2.58. The van der Waals surface area contributed by atoms with Gasteiger partial charge in [-0.05, 0) is 31.9 Å². The number of piperidine rings is 1. The van der Waals surface area contributed by atoms with Crippen molar-refractivity contribution in [2.75, 3.05) is 31.5 Å². The molecule has 2 heterocycles. The summed E-state index contributed by atoms with van der Waals surface area (Å²) in [5, 5.41) is 5.63. The minimum Gasteiger partial charge on any atom is -0.353 e. The van der Waals surface area contributed by atoms with Gasteiger partial charge in [0.2, 0.25) is 11.8 Å². The van der Waals surface area contributed by atoms with E-state index in [0.717, 1.165) is 18.5 Å². The lowest BCUT2D eigenvalue weighted by atomic mass is 9.95. The minimum absolute atomic E-state index is 0.0282. The van der Waals surface area contributed by atoms with Crippen LogP contribution in [-0.4, -0.2) is 59.9 Å². The molecule has 0 saturated carbocycles. The monoisotopic (exact) mass is 344 g/mol. The number of rotatable bonds is 2. The quantitative estimate of drug-likeness (QED) is 0.848. The Morgan fingerprint density at radius 2 is 1.96 bits per heavy atom. The summed E-state index contributed by atoms with van der Waals surface area (Å²) in [5.74, 6) is -0.391. The van der Waals surface area contributed by atoms with Gasteiger partial charge in [-0.15, -0.1) is 0 Å². The summed E-state index contributed by atoms with van der Waals surface area (Å²) in [6.45, 7) is 3.79.